The smallest absolute Gasteiger partial charge is 0.0988 e. The topological polar surface area (TPSA) is 47.5 Å². The molecule has 1 rings (SSSR count). The predicted molar refractivity (Wildman–Crippen MR) is 25.0 cm³/mol. The van der Waals surface area contributed by atoms with Crippen molar-refractivity contribution >= 4 is 0 Å². The molecule has 1 fully saturated rings. The Hall–Kier alpha value is -0.340. The molecule has 1 unspecified atom stereocenters. The quantitative estimate of drug-likeness (QED) is 0.378. The third-order valence-corrected chi connectivity index (χ3v) is 0.622. The van der Waals surface area contributed by atoms with Crippen molar-refractivity contribution in [2.24, 2.45) is 0 Å². The highest BCUT2D eigenvalue weighted by atomic mass is 16.6. The van der Waals surface area contributed by atoms with Gasteiger partial charge in [-0.05, 0) is 0 Å². The van der Waals surface area contributed by atoms with Gasteiger partial charge >= 0.3 is 0 Å². The fourth-order valence-electron chi connectivity index (χ4n) is 0.192. The van der Waals surface area contributed by atoms with Gasteiger partial charge in [0.15, 0.2) is 0 Å². The Morgan fingerprint density at radius 2 is 2.33 bits per heavy atom. The average molecular weight is 87.1 g/mol. The predicted octanol–water partition coefficient (Wildman–Crippen LogP) is 0.733. The Balaban J connectivity index is 0.000000250. The Bertz CT molecular complexity index is 49.5. The maximum Gasteiger partial charge on any atom is 0.0988 e. The Labute approximate surface area is 37.4 Å². The van der Waals surface area contributed by atoms with Crippen LogP contribution in [0.5, 0.6) is 0 Å². The van der Waals surface area contributed by atoms with Gasteiger partial charge in [0.05, 0.1) is 12.7 Å². The van der Waals surface area contributed by atoms with Crippen LogP contribution in [-0.2, 0) is 4.74 Å². The molecule has 36 valence electrons. The monoisotopic (exact) mass is 87.1 g/mol. The van der Waals surface area contributed by atoms with Gasteiger partial charge in [-0.1, -0.05) is 6.08 Å². The van der Waals surface area contributed by atoms with E-state index in [1.165, 1.54) is 0 Å². The van der Waals surface area contributed by atoms with Crippen molar-refractivity contribution in [3.63, 3.8) is 0 Å². The summed E-state index contributed by atoms with van der Waals surface area (Å²) in [6.07, 6.45) is 2.20. The van der Waals surface area contributed by atoms with Crippen LogP contribution in [0.15, 0.2) is 12.7 Å². The van der Waals surface area contributed by atoms with Crippen LogP contribution in [0.2, 0.25) is 0 Å². The maximum absolute atomic E-state index is 4.74. The third kappa shape index (κ3) is 1.19. The van der Waals surface area contributed by atoms with Crippen molar-refractivity contribution in [1.29, 1.82) is 0 Å². The lowest BCUT2D eigenvalue weighted by atomic mass is 10.5. The molecule has 0 spiro atoms. The van der Waals surface area contributed by atoms with Crippen LogP contribution in [0.1, 0.15) is 0 Å². The first-order valence-electron chi connectivity index (χ1n) is 1.67. The first kappa shape index (κ1) is 5.66. The molecular weight excluding hydrogens is 78.0 g/mol. The molecule has 2 nitrogen and oxygen atoms in total. The van der Waals surface area contributed by atoms with E-state index in [4.69, 9.17) is 4.74 Å². The number of rotatable bonds is 1. The van der Waals surface area contributed by atoms with Gasteiger partial charge in [0.1, 0.15) is 0 Å². The average Bonchev–Trinajstić information content (AvgIpc) is 2.12. The lowest BCUT2D eigenvalue weighted by Gasteiger charge is -1.59. The summed E-state index contributed by atoms with van der Waals surface area (Å²) in [7, 11) is 0. The standard InChI is InChI=1S/C4H6O.H3N/c1-2-4-3-5-4;/h2,4H,1,3H2;1H3. The number of ether oxygens (including phenoxy) is 1. The van der Waals surface area contributed by atoms with Gasteiger partial charge < -0.3 is 10.9 Å². The van der Waals surface area contributed by atoms with Crippen LogP contribution < -0.4 is 6.15 Å². The molecule has 1 aliphatic heterocycles. The SMILES string of the molecule is C=CC1CO1.N. The van der Waals surface area contributed by atoms with Crippen LogP contribution in [0, 0.1) is 0 Å². The molecule has 0 aromatic heterocycles. The molecule has 0 radical (unpaired) electrons. The van der Waals surface area contributed by atoms with Crippen molar-refractivity contribution in [3.05, 3.63) is 12.7 Å². The van der Waals surface area contributed by atoms with Crippen LogP contribution in [0.4, 0.5) is 0 Å². The van der Waals surface area contributed by atoms with E-state index in [1.54, 1.807) is 6.08 Å². The summed E-state index contributed by atoms with van der Waals surface area (Å²) in [4.78, 5) is 0. The molecule has 6 heavy (non-hydrogen) atoms. The van der Waals surface area contributed by atoms with E-state index in [9.17, 15) is 0 Å². The first-order chi connectivity index (χ1) is 2.43. The van der Waals surface area contributed by atoms with Gasteiger partial charge in [-0.25, -0.2) is 0 Å². The van der Waals surface area contributed by atoms with Gasteiger partial charge in [-0.2, -0.15) is 0 Å². The molecule has 1 atom stereocenters. The zero-order chi connectivity index (χ0) is 3.70. The largest absolute Gasteiger partial charge is 0.369 e. The summed E-state index contributed by atoms with van der Waals surface area (Å²) in [5, 5.41) is 0. The molecule has 1 heterocycles. The summed E-state index contributed by atoms with van der Waals surface area (Å²) in [6.45, 7) is 4.39. The van der Waals surface area contributed by atoms with E-state index >= 15 is 0 Å². The third-order valence-electron chi connectivity index (χ3n) is 0.622. The summed E-state index contributed by atoms with van der Waals surface area (Å²) >= 11 is 0. The second-order valence-corrected chi connectivity index (χ2v) is 1.11. The van der Waals surface area contributed by atoms with Crippen molar-refractivity contribution in [3.8, 4) is 0 Å². The Morgan fingerprint density at radius 3 is 2.33 bits per heavy atom. The number of hydrogen-bond acceptors (Lipinski definition) is 2. The van der Waals surface area contributed by atoms with Crippen molar-refractivity contribution in [2.75, 3.05) is 6.61 Å². The summed E-state index contributed by atoms with van der Waals surface area (Å²) in [5.74, 6) is 0. The molecule has 1 saturated heterocycles. The van der Waals surface area contributed by atoms with E-state index in [0.29, 0.717) is 6.10 Å². The van der Waals surface area contributed by atoms with E-state index in [2.05, 4.69) is 6.58 Å². The summed E-state index contributed by atoms with van der Waals surface area (Å²) in [6, 6.07) is 0. The molecular formula is C4H9NO. The van der Waals surface area contributed by atoms with Gasteiger partial charge in [0.25, 0.3) is 0 Å². The van der Waals surface area contributed by atoms with Crippen LogP contribution in [-0.4, -0.2) is 12.7 Å². The molecule has 0 amide bonds. The molecule has 0 aliphatic carbocycles. The van der Waals surface area contributed by atoms with Crippen LogP contribution in [0.25, 0.3) is 0 Å². The molecule has 0 aromatic rings. The van der Waals surface area contributed by atoms with Gasteiger partial charge in [0, 0.05) is 0 Å². The van der Waals surface area contributed by atoms with Gasteiger partial charge in [-0.3, -0.25) is 0 Å². The van der Waals surface area contributed by atoms with E-state index in [0.717, 1.165) is 6.61 Å². The highest BCUT2D eigenvalue weighted by molar-refractivity contribution is 4.87. The van der Waals surface area contributed by atoms with Crippen molar-refractivity contribution < 1.29 is 4.74 Å². The minimum absolute atomic E-state index is 0. The number of epoxide rings is 1. The molecule has 2 heteroatoms. The fourth-order valence-corrected chi connectivity index (χ4v) is 0.192. The van der Waals surface area contributed by atoms with Crippen LogP contribution >= 0.6 is 0 Å². The zero-order valence-electron chi connectivity index (χ0n) is 3.68. The second-order valence-electron chi connectivity index (χ2n) is 1.11. The fraction of sp³-hybridized carbons (Fsp3) is 0.500. The zero-order valence-corrected chi connectivity index (χ0v) is 3.68. The minimum atomic E-state index is 0. The first-order valence-corrected chi connectivity index (χ1v) is 1.67. The molecule has 0 bridgehead atoms. The maximum atomic E-state index is 4.74. The molecule has 0 saturated carbocycles. The van der Waals surface area contributed by atoms with E-state index in [-0.39, 0.29) is 6.15 Å². The Kier molecular flexibility index (Phi) is 1.84. The molecule has 3 N–H and O–H groups in total. The van der Waals surface area contributed by atoms with Crippen LogP contribution in [0.3, 0.4) is 0 Å². The second kappa shape index (κ2) is 1.95. The lowest BCUT2D eigenvalue weighted by Crippen LogP contribution is -1.65. The minimum Gasteiger partial charge on any atom is -0.369 e. The highest BCUT2D eigenvalue weighted by Gasteiger charge is 2.16. The number of hydrogen-bond donors (Lipinski definition) is 1. The normalized spacial score (nSPS) is 27.7. The molecule has 0 aromatic carbocycles. The van der Waals surface area contributed by atoms with Crippen molar-refractivity contribution in [2.45, 2.75) is 6.10 Å². The van der Waals surface area contributed by atoms with E-state index in [1.807, 2.05) is 0 Å². The summed E-state index contributed by atoms with van der Waals surface area (Å²) < 4.78 is 4.74. The van der Waals surface area contributed by atoms with E-state index < -0.39 is 0 Å². The van der Waals surface area contributed by atoms with Gasteiger partial charge in [0.2, 0.25) is 0 Å². The van der Waals surface area contributed by atoms with Gasteiger partial charge in [-0.15, -0.1) is 6.58 Å². The molecule has 1 aliphatic rings. The lowest BCUT2D eigenvalue weighted by molar-refractivity contribution is 0.440. The van der Waals surface area contributed by atoms with Crippen molar-refractivity contribution in [1.82, 2.24) is 6.15 Å². The summed E-state index contributed by atoms with van der Waals surface area (Å²) in [5.41, 5.74) is 0. The Morgan fingerprint density at radius 1 is 1.83 bits per heavy atom. The highest BCUT2D eigenvalue weighted by Crippen LogP contribution is 2.07.